The highest BCUT2D eigenvalue weighted by Crippen LogP contribution is 2.26. The second kappa shape index (κ2) is 9.69. The van der Waals surface area contributed by atoms with Crippen LogP contribution in [0, 0.1) is 19.7 Å². The van der Waals surface area contributed by atoms with Crippen LogP contribution in [-0.2, 0) is 19.3 Å². The lowest BCUT2D eigenvalue weighted by atomic mass is 10.0. The minimum atomic E-state index is -0.265. The van der Waals surface area contributed by atoms with Gasteiger partial charge >= 0.3 is 0 Å². The number of benzene rings is 1. The number of aromatic nitrogens is 3. The summed E-state index contributed by atoms with van der Waals surface area (Å²) in [5, 5.41) is 3.37. The Hall–Kier alpha value is -2.28. The summed E-state index contributed by atoms with van der Waals surface area (Å²) in [6.45, 7) is 3.75. The second-order valence-corrected chi connectivity index (χ2v) is 8.22. The average molecular weight is 464 g/mol. The van der Waals surface area contributed by atoms with Gasteiger partial charge in [0.25, 0.3) is 0 Å². The van der Waals surface area contributed by atoms with E-state index < -0.39 is 0 Å². The first-order valence-electron chi connectivity index (χ1n) is 9.24. The van der Waals surface area contributed by atoms with Crippen LogP contribution in [0.15, 0.2) is 46.3 Å². The number of nitrogens with zero attached hydrogens (tertiary/aromatic N) is 3. The van der Waals surface area contributed by atoms with E-state index in [1.807, 2.05) is 37.6 Å². The molecule has 0 aliphatic rings. The van der Waals surface area contributed by atoms with E-state index in [9.17, 15) is 4.39 Å². The molecule has 0 unspecified atom stereocenters. The molecule has 3 heterocycles. The van der Waals surface area contributed by atoms with Crippen LogP contribution in [0.3, 0.4) is 0 Å². The van der Waals surface area contributed by atoms with Gasteiger partial charge in [-0.1, -0.05) is 23.7 Å². The van der Waals surface area contributed by atoms with Crippen molar-refractivity contribution in [2.24, 2.45) is 0 Å². The van der Waals surface area contributed by atoms with Gasteiger partial charge in [0.1, 0.15) is 11.5 Å². The summed E-state index contributed by atoms with van der Waals surface area (Å²) in [5.74, 6) is 1.10. The number of halogens is 3. The molecule has 0 radical (unpaired) electrons. The van der Waals surface area contributed by atoms with Crippen LogP contribution in [0.2, 0.25) is 5.02 Å². The average Bonchev–Trinajstić information content (AvgIpc) is 3.28. The Kier molecular flexibility index (Phi) is 7.23. The zero-order valence-electron chi connectivity index (χ0n) is 16.5. The zero-order chi connectivity index (χ0) is 20.4. The van der Waals surface area contributed by atoms with E-state index in [2.05, 4.69) is 15.0 Å². The molecule has 0 saturated carbocycles. The van der Waals surface area contributed by atoms with Gasteiger partial charge in [0.15, 0.2) is 11.7 Å². The molecule has 4 nitrogen and oxygen atoms in total. The van der Waals surface area contributed by atoms with Gasteiger partial charge in [0, 0.05) is 35.6 Å². The lowest BCUT2D eigenvalue weighted by Gasteiger charge is -2.05. The van der Waals surface area contributed by atoms with Crippen LogP contribution in [0.5, 0.6) is 0 Å². The summed E-state index contributed by atoms with van der Waals surface area (Å²) >= 11 is 7.38. The number of aryl methyl sites for hydroxylation is 4. The smallest absolute Gasteiger partial charge is 0.192 e. The van der Waals surface area contributed by atoms with Crippen LogP contribution < -0.4 is 0 Å². The molecule has 8 heteroatoms. The minimum Gasteiger partial charge on any atom is -0.439 e. The summed E-state index contributed by atoms with van der Waals surface area (Å²) in [5.41, 5.74) is 4.32. The Morgan fingerprint density at radius 3 is 2.60 bits per heavy atom. The first kappa shape index (κ1) is 22.4. The number of pyridine rings is 1. The van der Waals surface area contributed by atoms with Crippen molar-refractivity contribution in [3.63, 3.8) is 0 Å². The molecule has 4 aromatic rings. The molecule has 30 heavy (non-hydrogen) atoms. The Labute approximate surface area is 189 Å². The fraction of sp³-hybridized carbons (Fsp3) is 0.227. The van der Waals surface area contributed by atoms with Crippen LogP contribution in [0.25, 0.3) is 11.5 Å². The highest BCUT2D eigenvalue weighted by Gasteiger charge is 2.13. The van der Waals surface area contributed by atoms with E-state index in [0.29, 0.717) is 29.3 Å². The van der Waals surface area contributed by atoms with Crippen molar-refractivity contribution in [2.75, 3.05) is 0 Å². The monoisotopic (exact) mass is 463 g/mol. The fourth-order valence-corrected chi connectivity index (χ4v) is 4.08. The molecule has 0 atom stereocenters. The van der Waals surface area contributed by atoms with Crippen LogP contribution in [0.1, 0.15) is 33.4 Å². The topological polar surface area (TPSA) is 51.8 Å². The molecule has 0 N–H and O–H groups in total. The normalized spacial score (nSPS) is 10.8. The van der Waals surface area contributed by atoms with Gasteiger partial charge in [-0.3, -0.25) is 4.98 Å². The number of oxazole rings is 1. The molecule has 0 aliphatic carbocycles. The van der Waals surface area contributed by atoms with E-state index in [0.717, 1.165) is 39.8 Å². The maximum Gasteiger partial charge on any atom is 0.192 e. The summed E-state index contributed by atoms with van der Waals surface area (Å²) in [4.78, 5) is 13.5. The molecule has 156 valence electrons. The third-order valence-electron chi connectivity index (χ3n) is 4.60. The molecular formula is C22H20Cl2FN3OS. The van der Waals surface area contributed by atoms with Gasteiger partial charge in [0.2, 0.25) is 0 Å². The van der Waals surface area contributed by atoms with E-state index >= 15 is 0 Å². The maximum absolute atomic E-state index is 13.9. The maximum atomic E-state index is 13.9. The van der Waals surface area contributed by atoms with Gasteiger partial charge in [-0.05, 0) is 49.1 Å². The van der Waals surface area contributed by atoms with Crippen LogP contribution in [-0.4, -0.2) is 15.0 Å². The van der Waals surface area contributed by atoms with Gasteiger partial charge in [-0.15, -0.1) is 23.7 Å². The lowest BCUT2D eigenvalue weighted by molar-refractivity contribution is 0.532. The van der Waals surface area contributed by atoms with E-state index in [1.54, 1.807) is 23.5 Å². The van der Waals surface area contributed by atoms with Crippen molar-refractivity contribution in [3.05, 3.63) is 86.2 Å². The van der Waals surface area contributed by atoms with Gasteiger partial charge in [0.05, 0.1) is 10.7 Å². The summed E-state index contributed by atoms with van der Waals surface area (Å²) in [7, 11) is 0. The van der Waals surface area contributed by atoms with Gasteiger partial charge in [-0.2, -0.15) is 0 Å². The molecule has 0 aliphatic heterocycles. The third-order valence-corrected chi connectivity index (χ3v) is 5.69. The highest BCUT2D eigenvalue weighted by molar-refractivity contribution is 7.10. The Balaban J connectivity index is 0.00000256. The molecule has 0 amide bonds. The number of rotatable bonds is 6. The number of hydrogen-bond acceptors (Lipinski definition) is 5. The zero-order valence-corrected chi connectivity index (χ0v) is 18.9. The number of thiazole rings is 1. The molecule has 3 aromatic heterocycles. The molecule has 0 saturated heterocycles. The molecule has 0 spiro atoms. The molecule has 0 fully saturated rings. The Morgan fingerprint density at radius 1 is 1.10 bits per heavy atom. The molecule has 4 rings (SSSR count). The fourth-order valence-electron chi connectivity index (χ4n) is 3.13. The van der Waals surface area contributed by atoms with Crippen LogP contribution >= 0.6 is 35.3 Å². The van der Waals surface area contributed by atoms with Gasteiger partial charge in [-0.25, -0.2) is 14.4 Å². The first-order chi connectivity index (χ1) is 14.0. The SMILES string of the molecule is Cc1nc(C)c(-c2csc(Cc3ccc(CCc4ccc(Cl)cc4F)cn3)n2)o1.Cl. The minimum absolute atomic E-state index is 0. The summed E-state index contributed by atoms with van der Waals surface area (Å²) < 4.78 is 19.5. The van der Waals surface area contributed by atoms with Crippen LogP contribution in [0.4, 0.5) is 4.39 Å². The molecule has 1 aromatic carbocycles. The van der Waals surface area contributed by atoms with Crippen molar-refractivity contribution >= 4 is 35.3 Å². The lowest BCUT2D eigenvalue weighted by Crippen LogP contribution is -1.97. The van der Waals surface area contributed by atoms with E-state index in [-0.39, 0.29) is 18.2 Å². The number of hydrogen-bond donors (Lipinski definition) is 0. The van der Waals surface area contributed by atoms with Crippen molar-refractivity contribution in [3.8, 4) is 11.5 Å². The van der Waals surface area contributed by atoms with E-state index in [4.69, 9.17) is 16.0 Å². The largest absolute Gasteiger partial charge is 0.439 e. The van der Waals surface area contributed by atoms with Crippen molar-refractivity contribution in [1.29, 1.82) is 0 Å². The molecule has 0 bridgehead atoms. The Bertz CT molecular complexity index is 1140. The predicted molar refractivity (Wildman–Crippen MR) is 120 cm³/mol. The van der Waals surface area contributed by atoms with E-state index in [1.165, 1.54) is 6.07 Å². The summed E-state index contributed by atoms with van der Waals surface area (Å²) in [6.07, 6.45) is 3.83. The third kappa shape index (κ3) is 5.25. The standard InChI is InChI=1S/C22H19ClFN3OS.ClH/c1-13-22(28-14(2)26-13)20-12-29-21(27-20)10-18-8-4-15(11-25-18)3-5-16-6-7-17(23)9-19(16)24;/h4,6-9,11-12H,3,5,10H2,1-2H3;1H. The quantitative estimate of drug-likeness (QED) is 0.331. The second-order valence-electron chi connectivity index (χ2n) is 6.84. The Morgan fingerprint density at radius 2 is 1.93 bits per heavy atom. The van der Waals surface area contributed by atoms with Crippen molar-refractivity contribution in [2.45, 2.75) is 33.1 Å². The highest BCUT2D eigenvalue weighted by atomic mass is 35.5. The van der Waals surface area contributed by atoms with Crippen molar-refractivity contribution in [1.82, 2.24) is 15.0 Å². The van der Waals surface area contributed by atoms with Gasteiger partial charge < -0.3 is 4.42 Å². The van der Waals surface area contributed by atoms with Crippen molar-refractivity contribution < 1.29 is 8.81 Å². The first-order valence-corrected chi connectivity index (χ1v) is 10.5. The molecular weight excluding hydrogens is 444 g/mol. The predicted octanol–water partition coefficient (Wildman–Crippen LogP) is 6.40. The summed E-state index contributed by atoms with van der Waals surface area (Å²) in [6, 6.07) is 8.83.